The lowest BCUT2D eigenvalue weighted by Crippen LogP contribution is -2.27. The third kappa shape index (κ3) is 4.59. The molecule has 2 N–H and O–H groups in total. The molecule has 1 amide bonds. The van der Waals surface area contributed by atoms with Crippen molar-refractivity contribution in [2.45, 2.75) is 18.7 Å². The SMILES string of the molecule is O=C(CSCc1nc2ccccc2[nH]1)NCCCn1cccn1. The van der Waals surface area contributed by atoms with E-state index in [1.807, 2.05) is 41.2 Å². The van der Waals surface area contributed by atoms with Gasteiger partial charge < -0.3 is 10.3 Å². The number of H-pyrrole nitrogens is 1. The third-order valence-electron chi connectivity index (χ3n) is 3.36. The molecule has 0 saturated heterocycles. The van der Waals surface area contributed by atoms with Gasteiger partial charge in [-0.15, -0.1) is 11.8 Å². The molecule has 0 unspecified atom stereocenters. The molecule has 0 saturated carbocycles. The number of aryl methyl sites for hydroxylation is 1. The number of aromatic nitrogens is 4. The van der Waals surface area contributed by atoms with Gasteiger partial charge in [0, 0.05) is 25.5 Å². The van der Waals surface area contributed by atoms with Crippen molar-refractivity contribution in [3.8, 4) is 0 Å². The molecule has 120 valence electrons. The van der Waals surface area contributed by atoms with Gasteiger partial charge >= 0.3 is 0 Å². The number of para-hydroxylation sites is 2. The summed E-state index contributed by atoms with van der Waals surface area (Å²) in [7, 11) is 0. The predicted octanol–water partition coefficient (Wildman–Crippen LogP) is 2.20. The lowest BCUT2D eigenvalue weighted by molar-refractivity contribution is -0.118. The lowest BCUT2D eigenvalue weighted by atomic mass is 10.3. The van der Waals surface area contributed by atoms with Crippen LogP contribution < -0.4 is 5.32 Å². The molecular weight excluding hydrogens is 310 g/mol. The van der Waals surface area contributed by atoms with E-state index >= 15 is 0 Å². The summed E-state index contributed by atoms with van der Waals surface area (Å²) >= 11 is 1.56. The van der Waals surface area contributed by atoms with E-state index in [2.05, 4.69) is 20.4 Å². The topological polar surface area (TPSA) is 75.6 Å². The Balaban J connectivity index is 1.32. The molecule has 0 radical (unpaired) electrons. The highest BCUT2D eigenvalue weighted by molar-refractivity contribution is 7.99. The number of rotatable bonds is 8. The van der Waals surface area contributed by atoms with E-state index in [0.29, 0.717) is 18.1 Å². The van der Waals surface area contributed by atoms with Crippen LogP contribution in [0, 0.1) is 0 Å². The third-order valence-corrected chi connectivity index (χ3v) is 4.30. The number of amides is 1. The minimum Gasteiger partial charge on any atom is -0.355 e. The monoisotopic (exact) mass is 329 g/mol. The Morgan fingerprint density at radius 1 is 1.30 bits per heavy atom. The maximum Gasteiger partial charge on any atom is 0.230 e. The summed E-state index contributed by atoms with van der Waals surface area (Å²) in [5, 5.41) is 7.05. The standard InChI is InChI=1S/C16H19N5OS/c22-16(17-7-3-9-21-10-4-8-18-21)12-23-11-15-19-13-5-1-2-6-14(13)20-15/h1-2,4-6,8,10H,3,7,9,11-12H2,(H,17,22)(H,19,20). The first-order chi connectivity index (χ1) is 11.3. The van der Waals surface area contributed by atoms with Crippen molar-refractivity contribution < 1.29 is 4.79 Å². The van der Waals surface area contributed by atoms with Crippen LogP contribution in [-0.2, 0) is 17.1 Å². The van der Waals surface area contributed by atoms with Crippen LogP contribution in [0.1, 0.15) is 12.2 Å². The second-order valence-corrected chi connectivity index (χ2v) is 6.15. The zero-order valence-electron chi connectivity index (χ0n) is 12.7. The van der Waals surface area contributed by atoms with Gasteiger partial charge in [-0.2, -0.15) is 5.10 Å². The van der Waals surface area contributed by atoms with Gasteiger partial charge in [-0.25, -0.2) is 4.98 Å². The van der Waals surface area contributed by atoms with Gasteiger partial charge in [0.15, 0.2) is 0 Å². The average molecular weight is 329 g/mol. The molecule has 6 nitrogen and oxygen atoms in total. The van der Waals surface area contributed by atoms with Gasteiger partial charge in [-0.3, -0.25) is 9.48 Å². The molecule has 0 bridgehead atoms. The van der Waals surface area contributed by atoms with Gasteiger partial charge in [0.25, 0.3) is 0 Å². The molecule has 2 heterocycles. The van der Waals surface area contributed by atoms with Gasteiger partial charge in [-0.1, -0.05) is 12.1 Å². The van der Waals surface area contributed by atoms with Crippen LogP contribution in [0.25, 0.3) is 11.0 Å². The highest BCUT2D eigenvalue weighted by Crippen LogP contribution is 2.14. The predicted molar refractivity (Wildman–Crippen MR) is 92.1 cm³/mol. The smallest absolute Gasteiger partial charge is 0.230 e. The first kappa shape index (κ1) is 15.6. The zero-order chi connectivity index (χ0) is 15.9. The number of benzene rings is 1. The first-order valence-electron chi connectivity index (χ1n) is 7.57. The Bertz CT molecular complexity index is 720. The normalized spacial score (nSPS) is 11.0. The number of carbonyl (C=O) groups excluding carboxylic acids is 1. The average Bonchev–Trinajstić information content (AvgIpc) is 3.20. The van der Waals surface area contributed by atoms with Crippen molar-refractivity contribution in [2.75, 3.05) is 12.3 Å². The summed E-state index contributed by atoms with van der Waals surface area (Å²) in [6.45, 7) is 1.49. The Kier molecular flexibility index (Phi) is 5.31. The van der Waals surface area contributed by atoms with E-state index in [0.717, 1.165) is 29.8 Å². The van der Waals surface area contributed by atoms with Crippen LogP contribution >= 0.6 is 11.8 Å². The Hall–Kier alpha value is -2.28. The van der Waals surface area contributed by atoms with Crippen molar-refractivity contribution in [3.63, 3.8) is 0 Å². The van der Waals surface area contributed by atoms with Crippen molar-refractivity contribution in [2.24, 2.45) is 0 Å². The van der Waals surface area contributed by atoms with Crippen LogP contribution in [0.2, 0.25) is 0 Å². The van der Waals surface area contributed by atoms with E-state index in [1.54, 1.807) is 18.0 Å². The van der Waals surface area contributed by atoms with Crippen LogP contribution in [-0.4, -0.2) is 38.0 Å². The molecule has 3 rings (SSSR count). The minimum absolute atomic E-state index is 0.0616. The van der Waals surface area contributed by atoms with Gasteiger partial charge in [0.1, 0.15) is 5.82 Å². The number of hydrogen-bond donors (Lipinski definition) is 2. The summed E-state index contributed by atoms with van der Waals surface area (Å²) in [6.07, 6.45) is 4.56. The lowest BCUT2D eigenvalue weighted by Gasteiger charge is -2.05. The minimum atomic E-state index is 0.0616. The van der Waals surface area contributed by atoms with E-state index in [9.17, 15) is 4.79 Å². The number of hydrogen-bond acceptors (Lipinski definition) is 4. The number of imidazole rings is 1. The molecule has 0 aliphatic rings. The number of thioether (sulfide) groups is 1. The molecule has 0 aliphatic heterocycles. The summed E-state index contributed by atoms with van der Waals surface area (Å²) < 4.78 is 1.86. The molecule has 23 heavy (non-hydrogen) atoms. The van der Waals surface area contributed by atoms with E-state index in [-0.39, 0.29) is 5.91 Å². The van der Waals surface area contributed by atoms with Crippen LogP contribution in [0.5, 0.6) is 0 Å². The van der Waals surface area contributed by atoms with Crippen molar-refractivity contribution in [1.82, 2.24) is 25.1 Å². The number of carbonyl (C=O) groups is 1. The van der Waals surface area contributed by atoms with E-state index in [1.165, 1.54) is 0 Å². The van der Waals surface area contributed by atoms with E-state index < -0.39 is 0 Å². The van der Waals surface area contributed by atoms with Crippen LogP contribution in [0.3, 0.4) is 0 Å². The Labute approximate surface area is 138 Å². The highest BCUT2D eigenvalue weighted by Gasteiger charge is 2.05. The van der Waals surface area contributed by atoms with Gasteiger partial charge in [0.2, 0.25) is 5.91 Å². The van der Waals surface area contributed by atoms with E-state index in [4.69, 9.17) is 0 Å². The summed E-state index contributed by atoms with van der Waals surface area (Å²) in [4.78, 5) is 19.5. The molecule has 1 aromatic carbocycles. The van der Waals surface area contributed by atoms with Crippen LogP contribution in [0.15, 0.2) is 42.7 Å². The number of aromatic amines is 1. The summed E-state index contributed by atoms with van der Waals surface area (Å²) in [5.74, 6) is 2.11. The quantitative estimate of drug-likeness (QED) is 0.621. The summed E-state index contributed by atoms with van der Waals surface area (Å²) in [5.41, 5.74) is 2.00. The molecule has 0 atom stereocenters. The second kappa shape index (κ2) is 7.82. The first-order valence-corrected chi connectivity index (χ1v) is 8.72. The maximum atomic E-state index is 11.8. The number of nitrogens with one attached hydrogen (secondary N) is 2. The Morgan fingerprint density at radius 3 is 3.04 bits per heavy atom. The van der Waals surface area contributed by atoms with Crippen molar-refractivity contribution in [1.29, 1.82) is 0 Å². The van der Waals surface area contributed by atoms with Crippen LogP contribution in [0.4, 0.5) is 0 Å². The van der Waals surface area contributed by atoms with Gasteiger partial charge in [-0.05, 0) is 24.6 Å². The van der Waals surface area contributed by atoms with Gasteiger partial charge in [0.05, 0.1) is 22.5 Å². The number of nitrogens with zero attached hydrogens (tertiary/aromatic N) is 3. The van der Waals surface area contributed by atoms with Crippen molar-refractivity contribution >= 4 is 28.7 Å². The highest BCUT2D eigenvalue weighted by atomic mass is 32.2. The molecule has 0 aliphatic carbocycles. The molecule has 3 aromatic rings. The fraction of sp³-hybridized carbons (Fsp3) is 0.312. The molecule has 0 fully saturated rings. The molecule has 7 heteroatoms. The van der Waals surface area contributed by atoms with Crippen molar-refractivity contribution in [3.05, 3.63) is 48.5 Å². The second-order valence-electron chi connectivity index (χ2n) is 5.17. The zero-order valence-corrected chi connectivity index (χ0v) is 13.6. The fourth-order valence-corrected chi connectivity index (χ4v) is 2.99. The molecule has 2 aromatic heterocycles. The maximum absolute atomic E-state index is 11.8. The fourth-order valence-electron chi connectivity index (χ4n) is 2.27. The summed E-state index contributed by atoms with van der Waals surface area (Å²) in [6, 6.07) is 9.83. The number of fused-ring (bicyclic) bond motifs is 1. The molecular formula is C16H19N5OS. The largest absolute Gasteiger partial charge is 0.355 e. The Morgan fingerprint density at radius 2 is 2.22 bits per heavy atom. The molecule has 0 spiro atoms.